The van der Waals surface area contributed by atoms with Gasteiger partial charge in [-0.15, -0.1) is 0 Å². The number of carbonyl (C=O) groups excluding carboxylic acids is 1. The van der Waals surface area contributed by atoms with Crippen LogP contribution in [0.15, 0.2) is 32.9 Å². The van der Waals surface area contributed by atoms with Crippen LogP contribution in [0.3, 0.4) is 0 Å². The van der Waals surface area contributed by atoms with Crippen LogP contribution in [0.5, 0.6) is 0 Å². The fraction of sp³-hybridized carbons (Fsp3) is 0.167. The lowest BCUT2D eigenvalue weighted by Crippen LogP contribution is -2.19. The highest BCUT2D eigenvalue weighted by atomic mass is 35.5. The van der Waals surface area contributed by atoms with Gasteiger partial charge < -0.3 is 15.5 Å². The molecule has 1 atom stereocenters. The third-order valence-electron chi connectivity index (χ3n) is 2.77. The van der Waals surface area contributed by atoms with Gasteiger partial charge in [-0.05, 0) is 30.8 Å². The summed E-state index contributed by atoms with van der Waals surface area (Å²) in [6.45, 7) is 1.84. The number of rotatable bonds is 2. The molecule has 3 rings (SSSR count). The second-order valence-corrected chi connectivity index (χ2v) is 5.59. The van der Waals surface area contributed by atoms with E-state index in [1.54, 1.807) is 18.4 Å². The first-order valence-electron chi connectivity index (χ1n) is 5.54. The minimum Gasteiger partial charge on any atom is -0.439 e. The SMILES string of the molecule is Cc1coc(Sc2cc3c(cc2Cl)C(N)C(=O)N3)n1. The minimum atomic E-state index is -0.657. The number of oxazole rings is 1. The molecule has 1 aromatic carbocycles. The summed E-state index contributed by atoms with van der Waals surface area (Å²) in [5.74, 6) is -0.222. The Kier molecular flexibility index (Phi) is 3.00. The largest absolute Gasteiger partial charge is 0.439 e. The normalized spacial score (nSPS) is 17.4. The lowest BCUT2D eigenvalue weighted by Gasteiger charge is -2.06. The van der Waals surface area contributed by atoms with Crippen LogP contribution in [0.1, 0.15) is 17.3 Å². The monoisotopic (exact) mass is 295 g/mol. The maximum atomic E-state index is 11.5. The Balaban J connectivity index is 1.96. The number of benzene rings is 1. The van der Waals surface area contributed by atoms with Crippen LogP contribution >= 0.6 is 23.4 Å². The number of carbonyl (C=O) groups is 1. The molecule has 0 saturated heterocycles. The highest BCUT2D eigenvalue weighted by molar-refractivity contribution is 7.99. The molecule has 1 aliphatic heterocycles. The number of nitrogens with two attached hydrogens (primary N) is 1. The Morgan fingerprint density at radius 3 is 3.00 bits per heavy atom. The molecule has 7 heteroatoms. The third kappa shape index (κ3) is 2.22. The Hall–Kier alpha value is -1.50. The van der Waals surface area contributed by atoms with Gasteiger partial charge in [-0.25, -0.2) is 4.98 Å². The van der Waals surface area contributed by atoms with Gasteiger partial charge in [0.1, 0.15) is 12.3 Å². The van der Waals surface area contributed by atoms with Gasteiger partial charge in [-0.2, -0.15) is 0 Å². The first kappa shape index (κ1) is 12.5. The van der Waals surface area contributed by atoms with E-state index >= 15 is 0 Å². The number of nitrogens with one attached hydrogen (secondary N) is 1. The van der Waals surface area contributed by atoms with Crippen LogP contribution in [0.2, 0.25) is 5.02 Å². The predicted molar refractivity (Wildman–Crippen MR) is 72.4 cm³/mol. The molecule has 19 heavy (non-hydrogen) atoms. The summed E-state index contributed by atoms with van der Waals surface area (Å²) in [5.41, 5.74) is 7.96. The van der Waals surface area contributed by atoms with Crippen molar-refractivity contribution >= 4 is 35.0 Å². The number of aromatic nitrogens is 1. The van der Waals surface area contributed by atoms with Crippen LogP contribution in [0.4, 0.5) is 5.69 Å². The third-order valence-corrected chi connectivity index (χ3v) is 4.12. The van der Waals surface area contributed by atoms with E-state index in [1.165, 1.54) is 11.8 Å². The molecule has 5 nitrogen and oxygen atoms in total. The zero-order chi connectivity index (χ0) is 13.6. The maximum Gasteiger partial charge on any atom is 0.260 e. The summed E-state index contributed by atoms with van der Waals surface area (Å²) >= 11 is 7.49. The van der Waals surface area contributed by atoms with Gasteiger partial charge in [0.15, 0.2) is 0 Å². The number of amides is 1. The first-order valence-corrected chi connectivity index (χ1v) is 6.74. The maximum absolute atomic E-state index is 11.5. The van der Waals surface area contributed by atoms with Crippen molar-refractivity contribution in [2.45, 2.75) is 23.1 Å². The van der Waals surface area contributed by atoms with E-state index in [1.807, 2.05) is 6.92 Å². The number of fused-ring (bicyclic) bond motifs is 1. The van der Waals surface area contributed by atoms with E-state index in [2.05, 4.69) is 10.3 Å². The van der Waals surface area contributed by atoms with Gasteiger partial charge in [0.05, 0.1) is 10.7 Å². The molecule has 1 unspecified atom stereocenters. The van der Waals surface area contributed by atoms with E-state index in [-0.39, 0.29) is 5.91 Å². The lowest BCUT2D eigenvalue weighted by molar-refractivity contribution is -0.116. The molecule has 2 aromatic rings. The molecule has 2 heterocycles. The van der Waals surface area contributed by atoms with Gasteiger partial charge in [0.2, 0.25) is 5.91 Å². The summed E-state index contributed by atoms with van der Waals surface area (Å²) in [4.78, 5) is 16.5. The second kappa shape index (κ2) is 4.56. The highest BCUT2D eigenvalue weighted by Crippen LogP contribution is 2.40. The van der Waals surface area contributed by atoms with Crippen LogP contribution < -0.4 is 11.1 Å². The van der Waals surface area contributed by atoms with Crippen molar-refractivity contribution in [3.05, 3.63) is 34.7 Å². The average Bonchev–Trinajstić information content (AvgIpc) is 2.87. The van der Waals surface area contributed by atoms with E-state index < -0.39 is 6.04 Å². The molecule has 1 amide bonds. The van der Waals surface area contributed by atoms with Crippen molar-refractivity contribution in [2.24, 2.45) is 5.73 Å². The smallest absolute Gasteiger partial charge is 0.260 e. The van der Waals surface area contributed by atoms with E-state index in [0.717, 1.165) is 10.6 Å². The fourth-order valence-corrected chi connectivity index (χ4v) is 2.93. The molecule has 98 valence electrons. The summed E-state index contributed by atoms with van der Waals surface area (Å²) in [6.07, 6.45) is 1.57. The molecular weight excluding hydrogens is 286 g/mol. The van der Waals surface area contributed by atoms with Crippen LogP contribution in [-0.2, 0) is 4.79 Å². The van der Waals surface area contributed by atoms with Gasteiger partial charge in [-0.1, -0.05) is 11.6 Å². The average molecular weight is 296 g/mol. The summed E-state index contributed by atoms with van der Waals surface area (Å²) < 4.78 is 5.27. The molecule has 0 aliphatic carbocycles. The lowest BCUT2D eigenvalue weighted by atomic mass is 10.1. The first-order chi connectivity index (χ1) is 9.04. The van der Waals surface area contributed by atoms with Crippen molar-refractivity contribution in [1.29, 1.82) is 0 Å². The van der Waals surface area contributed by atoms with Crippen molar-refractivity contribution in [3.8, 4) is 0 Å². The molecule has 0 fully saturated rings. The molecule has 3 N–H and O–H groups in total. The summed E-state index contributed by atoms with van der Waals surface area (Å²) in [7, 11) is 0. The van der Waals surface area contributed by atoms with Crippen LogP contribution in [0.25, 0.3) is 0 Å². The Morgan fingerprint density at radius 1 is 1.53 bits per heavy atom. The molecular formula is C12H10ClN3O2S. The van der Waals surface area contributed by atoms with Gasteiger partial charge in [0.25, 0.3) is 5.22 Å². The van der Waals surface area contributed by atoms with Gasteiger partial charge in [0, 0.05) is 16.1 Å². The Labute approximate surface area is 118 Å². The topological polar surface area (TPSA) is 81.1 Å². The fourth-order valence-electron chi connectivity index (χ4n) is 1.84. The van der Waals surface area contributed by atoms with Crippen LogP contribution in [0, 0.1) is 6.92 Å². The minimum absolute atomic E-state index is 0.222. The number of nitrogens with zero attached hydrogens (tertiary/aromatic N) is 1. The molecule has 1 aromatic heterocycles. The number of aryl methyl sites for hydroxylation is 1. The predicted octanol–water partition coefficient (Wildman–Crippen LogP) is 2.74. The second-order valence-electron chi connectivity index (χ2n) is 4.19. The Morgan fingerprint density at radius 2 is 2.32 bits per heavy atom. The van der Waals surface area contributed by atoms with Crippen molar-refractivity contribution < 1.29 is 9.21 Å². The van der Waals surface area contributed by atoms with Crippen molar-refractivity contribution in [1.82, 2.24) is 4.98 Å². The van der Waals surface area contributed by atoms with E-state index in [9.17, 15) is 4.79 Å². The molecule has 1 aliphatic rings. The standard InChI is InChI=1S/C12H10ClN3O2S/c1-5-4-18-12(15-5)19-9-3-8-6(2-7(9)13)10(14)11(17)16-8/h2-4,10H,14H2,1H3,(H,16,17). The number of hydrogen-bond acceptors (Lipinski definition) is 5. The van der Waals surface area contributed by atoms with Crippen molar-refractivity contribution in [2.75, 3.05) is 5.32 Å². The zero-order valence-electron chi connectivity index (χ0n) is 9.94. The molecule has 0 spiro atoms. The van der Waals surface area contributed by atoms with Crippen LogP contribution in [-0.4, -0.2) is 10.9 Å². The summed E-state index contributed by atoms with van der Waals surface area (Å²) in [5, 5.41) is 3.75. The van der Waals surface area contributed by atoms with Gasteiger partial charge in [-0.3, -0.25) is 4.79 Å². The number of halogens is 1. The van der Waals surface area contributed by atoms with E-state index in [4.69, 9.17) is 21.8 Å². The zero-order valence-corrected chi connectivity index (χ0v) is 11.5. The highest BCUT2D eigenvalue weighted by Gasteiger charge is 2.28. The van der Waals surface area contributed by atoms with Gasteiger partial charge >= 0.3 is 0 Å². The Bertz CT molecular complexity index is 671. The number of hydrogen-bond donors (Lipinski definition) is 2. The van der Waals surface area contributed by atoms with E-state index in [0.29, 0.717) is 21.5 Å². The molecule has 0 saturated carbocycles. The summed E-state index contributed by atoms with van der Waals surface area (Å²) in [6, 6.07) is 2.83. The quantitative estimate of drug-likeness (QED) is 0.890. The molecule has 0 radical (unpaired) electrons. The van der Waals surface area contributed by atoms with Crippen molar-refractivity contribution in [3.63, 3.8) is 0 Å². The number of anilines is 1. The molecule has 0 bridgehead atoms.